The number of aromatic carboxylic acids is 1. The van der Waals surface area contributed by atoms with Crippen LogP contribution in [0.2, 0.25) is 5.02 Å². The summed E-state index contributed by atoms with van der Waals surface area (Å²) in [6.07, 6.45) is 1.70. The van der Waals surface area contributed by atoms with Gasteiger partial charge in [0.25, 0.3) is 0 Å². The van der Waals surface area contributed by atoms with Crippen LogP contribution in [0.1, 0.15) is 33.9 Å². The first kappa shape index (κ1) is 22.1. The lowest BCUT2D eigenvalue weighted by atomic mass is 10.0. The predicted octanol–water partition coefficient (Wildman–Crippen LogP) is 6.01. The Kier molecular flexibility index (Phi) is 5.77. The van der Waals surface area contributed by atoms with E-state index in [1.807, 2.05) is 23.1 Å². The molecule has 2 N–H and O–H groups in total. The third kappa shape index (κ3) is 4.02. The summed E-state index contributed by atoms with van der Waals surface area (Å²) in [5.74, 6) is -0.445. The van der Waals surface area contributed by atoms with Crippen molar-refractivity contribution >= 4 is 40.6 Å². The van der Waals surface area contributed by atoms with E-state index in [4.69, 9.17) is 28.2 Å². The first-order valence-corrected chi connectivity index (χ1v) is 11.1. The van der Waals surface area contributed by atoms with Crippen molar-refractivity contribution < 1.29 is 18.7 Å². The fraction of sp³-hybridized carbons (Fsp3) is 0.0800. The lowest BCUT2D eigenvalue weighted by molar-refractivity contribution is 0.0697. The Morgan fingerprint density at radius 3 is 2.62 bits per heavy atom. The smallest absolute Gasteiger partial charge is 0.335 e. The molecule has 1 aliphatic rings. The first-order chi connectivity index (χ1) is 16.4. The molecular weight excluding hydrogens is 477 g/mol. The molecule has 3 heterocycles. The van der Waals surface area contributed by atoms with Gasteiger partial charge in [-0.1, -0.05) is 17.7 Å². The van der Waals surface area contributed by atoms with Gasteiger partial charge in [-0.25, -0.2) is 9.18 Å². The summed E-state index contributed by atoms with van der Waals surface area (Å²) < 4.78 is 19.8. The van der Waals surface area contributed by atoms with Crippen LogP contribution in [0.15, 0.2) is 83.4 Å². The second-order valence-corrected chi connectivity index (χ2v) is 8.47. The average Bonchev–Trinajstić information content (AvgIpc) is 3.45. The monoisotopic (exact) mass is 493 g/mol. The molecule has 0 amide bonds. The van der Waals surface area contributed by atoms with Crippen molar-refractivity contribution in [3.63, 3.8) is 0 Å². The van der Waals surface area contributed by atoms with Crippen LogP contribution in [0.4, 0.5) is 10.1 Å². The van der Waals surface area contributed by atoms with Gasteiger partial charge in [0.2, 0.25) is 0 Å². The van der Waals surface area contributed by atoms with Gasteiger partial charge in [-0.3, -0.25) is 4.98 Å². The van der Waals surface area contributed by atoms with Crippen molar-refractivity contribution in [1.29, 1.82) is 0 Å². The quantitative estimate of drug-likeness (QED) is 0.330. The van der Waals surface area contributed by atoms with Gasteiger partial charge in [-0.15, -0.1) is 0 Å². The first-order valence-electron chi connectivity index (χ1n) is 10.3. The molecule has 170 valence electrons. The fourth-order valence-corrected chi connectivity index (χ4v) is 4.58. The Hall–Kier alpha value is -3.75. The van der Waals surface area contributed by atoms with Crippen LogP contribution >= 0.6 is 23.8 Å². The number of furan rings is 1. The number of hydrogen-bond acceptors (Lipinski definition) is 4. The number of nitrogens with one attached hydrogen (secondary N) is 1. The zero-order valence-corrected chi connectivity index (χ0v) is 19.1. The number of carboxylic acid groups (broad SMARTS) is 1. The zero-order valence-electron chi connectivity index (χ0n) is 17.5. The molecule has 0 radical (unpaired) electrons. The highest BCUT2D eigenvalue weighted by Gasteiger charge is 2.42. The van der Waals surface area contributed by atoms with Crippen molar-refractivity contribution in [2.45, 2.75) is 12.1 Å². The van der Waals surface area contributed by atoms with E-state index in [2.05, 4.69) is 10.3 Å². The zero-order chi connectivity index (χ0) is 23.8. The molecule has 0 bridgehead atoms. The molecule has 2 atom stereocenters. The molecule has 2 aromatic carbocycles. The van der Waals surface area contributed by atoms with E-state index < -0.39 is 12.0 Å². The summed E-state index contributed by atoms with van der Waals surface area (Å²) in [6.45, 7) is 0. The second kappa shape index (κ2) is 8.89. The molecule has 0 spiro atoms. The number of halogens is 2. The average molecular weight is 494 g/mol. The van der Waals surface area contributed by atoms with E-state index in [1.165, 1.54) is 30.3 Å². The largest absolute Gasteiger partial charge is 0.478 e. The van der Waals surface area contributed by atoms with E-state index in [1.54, 1.807) is 30.5 Å². The van der Waals surface area contributed by atoms with Crippen LogP contribution in [-0.4, -0.2) is 21.2 Å². The molecule has 0 unspecified atom stereocenters. The van der Waals surface area contributed by atoms with Crippen LogP contribution in [0.3, 0.4) is 0 Å². The third-order valence-corrected chi connectivity index (χ3v) is 6.24. The number of carbonyl (C=O) groups is 1. The van der Waals surface area contributed by atoms with Crippen molar-refractivity contribution in [3.8, 4) is 11.3 Å². The Labute approximate surface area is 204 Å². The molecule has 1 fully saturated rings. The molecule has 1 aliphatic heterocycles. The van der Waals surface area contributed by atoms with Crippen LogP contribution < -0.4 is 10.2 Å². The molecule has 2 aromatic heterocycles. The van der Waals surface area contributed by atoms with Gasteiger partial charge < -0.3 is 19.7 Å². The van der Waals surface area contributed by atoms with E-state index in [9.17, 15) is 14.3 Å². The number of aromatic nitrogens is 1. The Morgan fingerprint density at radius 1 is 1.12 bits per heavy atom. The van der Waals surface area contributed by atoms with E-state index in [0.717, 1.165) is 5.69 Å². The number of anilines is 1. The summed E-state index contributed by atoms with van der Waals surface area (Å²) in [7, 11) is 0. The number of benzene rings is 2. The van der Waals surface area contributed by atoms with Gasteiger partial charge in [0.15, 0.2) is 5.11 Å². The van der Waals surface area contributed by atoms with E-state index in [0.29, 0.717) is 32.9 Å². The topological polar surface area (TPSA) is 78.6 Å². The van der Waals surface area contributed by atoms with Gasteiger partial charge in [-0.05, 0) is 78.9 Å². The summed E-state index contributed by atoms with van der Waals surface area (Å²) in [4.78, 5) is 17.8. The van der Waals surface area contributed by atoms with Crippen molar-refractivity contribution in [2.24, 2.45) is 0 Å². The number of thiocarbonyl (C=S) groups is 1. The number of hydrogen-bond donors (Lipinski definition) is 2. The van der Waals surface area contributed by atoms with Crippen LogP contribution in [0.25, 0.3) is 11.3 Å². The lowest BCUT2D eigenvalue weighted by Gasteiger charge is -2.26. The minimum Gasteiger partial charge on any atom is -0.478 e. The highest BCUT2D eigenvalue weighted by atomic mass is 35.5. The van der Waals surface area contributed by atoms with Gasteiger partial charge in [0.1, 0.15) is 23.4 Å². The van der Waals surface area contributed by atoms with Crippen molar-refractivity contribution in [3.05, 3.63) is 107 Å². The number of carboxylic acids is 1. The van der Waals surface area contributed by atoms with E-state index >= 15 is 0 Å². The van der Waals surface area contributed by atoms with Crippen LogP contribution in [-0.2, 0) is 0 Å². The predicted molar refractivity (Wildman–Crippen MR) is 130 cm³/mol. The highest BCUT2D eigenvalue weighted by molar-refractivity contribution is 7.80. The van der Waals surface area contributed by atoms with Gasteiger partial charge in [0, 0.05) is 17.4 Å². The SMILES string of the molecule is O=C(O)c1ccc(Cl)c(-c2ccc([C@H]3[C@@H](c4ccccn4)NC(=S)N3c3ccc(F)cc3)o2)c1. The highest BCUT2D eigenvalue weighted by Crippen LogP contribution is 2.43. The second-order valence-electron chi connectivity index (χ2n) is 7.67. The molecule has 34 heavy (non-hydrogen) atoms. The molecule has 4 aromatic rings. The Morgan fingerprint density at radius 2 is 1.91 bits per heavy atom. The van der Waals surface area contributed by atoms with Crippen molar-refractivity contribution in [2.75, 3.05) is 4.90 Å². The van der Waals surface area contributed by atoms with Crippen LogP contribution in [0, 0.1) is 5.82 Å². The number of pyridine rings is 1. The molecule has 0 saturated carbocycles. The summed E-state index contributed by atoms with van der Waals surface area (Å²) in [6, 6.07) is 18.8. The van der Waals surface area contributed by atoms with Gasteiger partial charge >= 0.3 is 5.97 Å². The molecular formula is C25H17ClFN3O3S. The van der Waals surface area contributed by atoms with Gasteiger partial charge in [-0.2, -0.15) is 0 Å². The summed E-state index contributed by atoms with van der Waals surface area (Å²) in [5.41, 5.74) is 2.00. The number of nitrogens with zero attached hydrogens (tertiary/aromatic N) is 2. The number of rotatable bonds is 5. The maximum atomic E-state index is 13.6. The Bertz CT molecular complexity index is 1380. The molecule has 5 rings (SSSR count). The maximum Gasteiger partial charge on any atom is 0.335 e. The normalized spacial score (nSPS) is 17.6. The summed E-state index contributed by atoms with van der Waals surface area (Å²) >= 11 is 12.0. The minimum atomic E-state index is -1.06. The standard InChI is InChI=1S/C25H17ClFN3O3S/c26-18-9-4-14(24(31)32)13-17(18)20-10-11-21(33-20)23-22(19-3-1-2-12-28-19)29-25(34)30(23)16-7-5-15(27)6-8-16/h1-13,22-23H,(H,29,34)(H,31,32)/t22-,23+/m1/s1. The minimum absolute atomic E-state index is 0.0976. The fourth-order valence-electron chi connectivity index (χ4n) is 4.03. The molecule has 0 aliphatic carbocycles. The Balaban J connectivity index is 1.61. The molecule has 1 saturated heterocycles. The summed E-state index contributed by atoms with van der Waals surface area (Å²) in [5, 5.41) is 13.5. The molecule has 6 nitrogen and oxygen atoms in total. The van der Waals surface area contributed by atoms with Crippen molar-refractivity contribution in [1.82, 2.24) is 10.3 Å². The molecule has 9 heteroatoms. The van der Waals surface area contributed by atoms with Crippen LogP contribution in [0.5, 0.6) is 0 Å². The maximum absolute atomic E-state index is 13.6. The lowest BCUT2D eigenvalue weighted by Crippen LogP contribution is -2.29. The van der Waals surface area contributed by atoms with E-state index in [-0.39, 0.29) is 17.4 Å². The third-order valence-electron chi connectivity index (χ3n) is 5.60. The van der Waals surface area contributed by atoms with Gasteiger partial charge in [0.05, 0.1) is 22.3 Å².